The van der Waals surface area contributed by atoms with Gasteiger partial charge in [-0.05, 0) is 49.1 Å². The van der Waals surface area contributed by atoms with Gasteiger partial charge >= 0.3 is 0 Å². The Morgan fingerprint density at radius 3 is 2.81 bits per heavy atom. The minimum atomic E-state index is -0.424. The van der Waals surface area contributed by atoms with Crippen LogP contribution in [0.4, 0.5) is 5.69 Å². The summed E-state index contributed by atoms with van der Waals surface area (Å²) >= 11 is 0. The molecule has 4 rings (SSSR count). The molecule has 2 aromatic carbocycles. The van der Waals surface area contributed by atoms with E-state index in [9.17, 15) is 9.59 Å². The number of methoxy groups -OCH3 is 1. The van der Waals surface area contributed by atoms with Crippen LogP contribution >= 0.6 is 0 Å². The Hall–Kier alpha value is -3.28. The number of rotatable bonds is 7. The summed E-state index contributed by atoms with van der Waals surface area (Å²) in [5.41, 5.74) is 2.27. The number of aryl methyl sites for hydroxylation is 1. The first-order valence-electron chi connectivity index (χ1n) is 10.9. The number of fused-ring (bicyclic) bond motifs is 2. The number of H-pyrrole nitrogens is 1. The monoisotopic (exact) mass is 420 g/mol. The number of carbonyl (C=O) groups excluding carboxylic acids is 1. The normalized spacial score (nSPS) is 13.2. The molecule has 1 N–H and O–H groups in total. The number of unbranched alkanes of at least 4 members (excludes halogenated alkanes) is 2. The maximum atomic E-state index is 13.3. The van der Waals surface area contributed by atoms with Gasteiger partial charge in [0.1, 0.15) is 5.56 Å². The Morgan fingerprint density at radius 1 is 1.16 bits per heavy atom. The van der Waals surface area contributed by atoms with Gasteiger partial charge in [-0.3, -0.25) is 9.59 Å². The predicted molar refractivity (Wildman–Crippen MR) is 123 cm³/mol. The van der Waals surface area contributed by atoms with Crippen molar-refractivity contribution in [1.82, 2.24) is 4.98 Å². The molecule has 6 heteroatoms. The number of aromatic nitrogens is 1. The van der Waals surface area contributed by atoms with E-state index in [0.29, 0.717) is 30.2 Å². The highest BCUT2D eigenvalue weighted by molar-refractivity contribution is 6.08. The van der Waals surface area contributed by atoms with Crippen molar-refractivity contribution in [2.45, 2.75) is 39.0 Å². The number of amides is 1. The van der Waals surface area contributed by atoms with Gasteiger partial charge in [-0.1, -0.05) is 38.0 Å². The van der Waals surface area contributed by atoms with Crippen LogP contribution in [0.3, 0.4) is 0 Å². The maximum absolute atomic E-state index is 13.3. The Bertz CT molecular complexity index is 1150. The van der Waals surface area contributed by atoms with Crippen LogP contribution in [0, 0.1) is 0 Å². The van der Waals surface area contributed by atoms with Crippen molar-refractivity contribution in [3.8, 4) is 11.5 Å². The van der Waals surface area contributed by atoms with Gasteiger partial charge in [0.25, 0.3) is 11.5 Å². The molecule has 1 aliphatic heterocycles. The Morgan fingerprint density at radius 2 is 2.00 bits per heavy atom. The molecule has 1 aliphatic rings. The van der Waals surface area contributed by atoms with Crippen molar-refractivity contribution in [3.05, 3.63) is 63.9 Å². The maximum Gasteiger partial charge on any atom is 0.263 e. The summed E-state index contributed by atoms with van der Waals surface area (Å²) in [5, 5.41) is 0.736. The molecule has 1 amide bonds. The molecule has 0 fully saturated rings. The van der Waals surface area contributed by atoms with Crippen molar-refractivity contribution >= 4 is 22.5 Å². The summed E-state index contributed by atoms with van der Waals surface area (Å²) in [6.07, 6.45) is 4.90. The number of benzene rings is 2. The van der Waals surface area contributed by atoms with Gasteiger partial charge in [-0.2, -0.15) is 0 Å². The predicted octanol–water partition coefficient (Wildman–Crippen LogP) is 4.70. The second kappa shape index (κ2) is 9.25. The molecule has 0 saturated heterocycles. The van der Waals surface area contributed by atoms with Gasteiger partial charge in [0, 0.05) is 17.6 Å². The van der Waals surface area contributed by atoms with E-state index in [1.54, 1.807) is 24.1 Å². The SMILES string of the molecule is CCCCCOc1c(OC)ccc2cc(C(=O)N3CCCc4ccccc43)c(=O)[nH]c12. The van der Waals surface area contributed by atoms with Crippen LogP contribution in [-0.2, 0) is 6.42 Å². The third-order valence-electron chi connectivity index (χ3n) is 5.74. The number of aromatic amines is 1. The average Bonchev–Trinajstić information content (AvgIpc) is 2.80. The fourth-order valence-corrected chi connectivity index (χ4v) is 4.11. The average molecular weight is 421 g/mol. The van der Waals surface area contributed by atoms with E-state index in [4.69, 9.17) is 9.47 Å². The zero-order valence-corrected chi connectivity index (χ0v) is 18.1. The van der Waals surface area contributed by atoms with Crippen molar-refractivity contribution in [2.24, 2.45) is 0 Å². The molecule has 0 saturated carbocycles. The van der Waals surface area contributed by atoms with E-state index in [2.05, 4.69) is 11.9 Å². The van der Waals surface area contributed by atoms with Crippen molar-refractivity contribution < 1.29 is 14.3 Å². The molecule has 0 radical (unpaired) electrons. The standard InChI is InChI=1S/C25H28N2O4/c1-3-4-7-15-31-23-21(30-2)13-12-18-16-19(24(28)26-22(18)23)25(29)27-14-8-10-17-9-5-6-11-20(17)27/h5-6,9,11-13,16H,3-4,7-8,10,14-15H2,1-2H3,(H,26,28). The molecule has 0 unspecified atom stereocenters. The van der Waals surface area contributed by atoms with Crippen LogP contribution in [0.5, 0.6) is 11.5 Å². The van der Waals surface area contributed by atoms with Crippen molar-refractivity contribution in [3.63, 3.8) is 0 Å². The van der Waals surface area contributed by atoms with E-state index < -0.39 is 5.56 Å². The first-order chi connectivity index (χ1) is 15.1. The molecule has 3 aromatic rings. The topological polar surface area (TPSA) is 71.6 Å². The number of ether oxygens (including phenoxy) is 2. The van der Waals surface area contributed by atoms with Crippen molar-refractivity contribution in [1.29, 1.82) is 0 Å². The lowest BCUT2D eigenvalue weighted by molar-refractivity contribution is 0.0984. The lowest BCUT2D eigenvalue weighted by atomic mass is 10.0. The Kier molecular flexibility index (Phi) is 6.26. The number of hydrogen-bond acceptors (Lipinski definition) is 4. The van der Waals surface area contributed by atoms with Gasteiger partial charge in [-0.15, -0.1) is 0 Å². The number of nitrogens with zero attached hydrogens (tertiary/aromatic N) is 1. The van der Waals surface area contributed by atoms with Crippen LogP contribution in [0.2, 0.25) is 0 Å². The van der Waals surface area contributed by atoms with Gasteiger partial charge in [0.2, 0.25) is 0 Å². The van der Waals surface area contributed by atoms with Crippen LogP contribution in [-0.4, -0.2) is 31.2 Å². The highest BCUT2D eigenvalue weighted by atomic mass is 16.5. The lowest BCUT2D eigenvalue weighted by Gasteiger charge is -2.29. The molecule has 0 bridgehead atoms. The van der Waals surface area contributed by atoms with Crippen molar-refractivity contribution in [2.75, 3.05) is 25.2 Å². The summed E-state index contributed by atoms with van der Waals surface area (Å²) in [7, 11) is 1.57. The van der Waals surface area contributed by atoms with Gasteiger partial charge in [0.05, 0.1) is 19.2 Å². The Labute approximate surface area is 181 Å². The zero-order valence-electron chi connectivity index (χ0n) is 18.1. The Balaban J connectivity index is 1.71. The second-order valence-electron chi connectivity index (χ2n) is 7.82. The van der Waals surface area contributed by atoms with Crippen LogP contribution in [0.1, 0.15) is 48.5 Å². The number of nitrogens with one attached hydrogen (secondary N) is 1. The summed E-state index contributed by atoms with van der Waals surface area (Å²) in [6, 6.07) is 13.2. The number of anilines is 1. The molecule has 0 atom stereocenters. The van der Waals surface area contributed by atoms with E-state index >= 15 is 0 Å². The van der Waals surface area contributed by atoms with Gasteiger partial charge in [0.15, 0.2) is 11.5 Å². The first-order valence-corrected chi connectivity index (χ1v) is 10.9. The smallest absolute Gasteiger partial charge is 0.263 e. The first kappa shape index (κ1) is 21.0. The summed E-state index contributed by atoms with van der Waals surface area (Å²) in [6.45, 7) is 3.27. The van der Waals surface area contributed by atoms with E-state index in [-0.39, 0.29) is 11.5 Å². The fraction of sp³-hybridized carbons (Fsp3) is 0.360. The number of hydrogen-bond donors (Lipinski definition) is 1. The zero-order chi connectivity index (χ0) is 21.8. The minimum absolute atomic E-state index is 0.131. The quantitative estimate of drug-likeness (QED) is 0.563. The molecule has 162 valence electrons. The highest BCUT2D eigenvalue weighted by Crippen LogP contribution is 2.35. The highest BCUT2D eigenvalue weighted by Gasteiger charge is 2.26. The van der Waals surface area contributed by atoms with E-state index in [0.717, 1.165) is 48.7 Å². The molecule has 0 spiro atoms. The van der Waals surface area contributed by atoms with E-state index in [1.807, 2.05) is 30.3 Å². The summed E-state index contributed by atoms with van der Waals surface area (Å²) in [4.78, 5) is 30.9. The summed E-state index contributed by atoms with van der Waals surface area (Å²) < 4.78 is 11.4. The van der Waals surface area contributed by atoms with Crippen LogP contribution in [0.15, 0.2) is 47.3 Å². The number of carbonyl (C=O) groups is 1. The second-order valence-corrected chi connectivity index (χ2v) is 7.82. The largest absolute Gasteiger partial charge is 0.493 e. The minimum Gasteiger partial charge on any atom is -0.493 e. The summed E-state index contributed by atoms with van der Waals surface area (Å²) in [5.74, 6) is 0.788. The lowest BCUT2D eigenvalue weighted by Crippen LogP contribution is -2.38. The molecule has 6 nitrogen and oxygen atoms in total. The van der Waals surface area contributed by atoms with Crippen LogP contribution in [0.25, 0.3) is 10.9 Å². The molecule has 0 aliphatic carbocycles. The van der Waals surface area contributed by atoms with Crippen LogP contribution < -0.4 is 19.9 Å². The number of pyridine rings is 1. The third-order valence-corrected chi connectivity index (χ3v) is 5.74. The molecule has 31 heavy (non-hydrogen) atoms. The van der Waals surface area contributed by atoms with E-state index in [1.165, 1.54) is 0 Å². The van der Waals surface area contributed by atoms with Gasteiger partial charge < -0.3 is 19.4 Å². The third kappa shape index (κ3) is 4.15. The number of para-hydroxylation sites is 1. The molecular weight excluding hydrogens is 392 g/mol. The molecule has 2 heterocycles. The van der Waals surface area contributed by atoms with Gasteiger partial charge in [-0.25, -0.2) is 0 Å². The fourth-order valence-electron chi connectivity index (χ4n) is 4.11. The molecular formula is C25H28N2O4. The molecule has 1 aromatic heterocycles.